The number of aliphatic carboxylic acids is 1. The van der Waals surface area contributed by atoms with Crippen LogP contribution in [0, 0.1) is 0 Å². The summed E-state index contributed by atoms with van der Waals surface area (Å²) in [5, 5.41) is 14.0. The van der Waals surface area contributed by atoms with Gasteiger partial charge in [-0.25, -0.2) is 4.79 Å². The molecule has 1 unspecified atom stereocenters. The van der Waals surface area contributed by atoms with Gasteiger partial charge in [0.1, 0.15) is 5.75 Å². The van der Waals surface area contributed by atoms with Crippen molar-refractivity contribution in [3.8, 4) is 5.75 Å². The number of rotatable bonds is 5. The minimum absolute atomic E-state index is 0.346. The Balaban J connectivity index is 1.85. The number of benzene rings is 1. The fourth-order valence-corrected chi connectivity index (χ4v) is 3.58. The number of carboxylic acids is 1. The van der Waals surface area contributed by atoms with Crippen molar-refractivity contribution in [1.82, 2.24) is 5.32 Å². The molecule has 0 saturated carbocycles. The maximum Gasteiger partial charge on any atom is 0.330 e. The van der Waals surface area contributed by atoms with Gasteiger partial charge in [0.05, 0.1) is 11.5 Å². The molecule has 2 N–H and O–H groups in total. The van der Waals surface area contributed by atoms with Crippen LogP contribution in [0.15, 0.2) is 29.6 Å². The number of nitrogens with one attached hydrogen (secondary N) is 1. The largest absolute Gasteiger partial charge is 0.493 e. The Labute approximate surface area is 137 Å². The molecule has 0 fully saturated rings. The van der Waals surface area contributed by atoms with Gasteiger partial charge >= 0.3 is 5.97 Å². The molecular weight excluding hydrogens is 314 g/mol. The molecule has 2 aromatic rings. The first-order valence-electron chi connectivity index (χ1n) is 7.45. The van der Waals surface area contributed by atoms with E-state index in [9.17, 15) is 14.7 Å². The number of ether oxygens (including phenoxy) is 1. The molecule has 1 aliphatic heterocycles. The van der Waals surface area contributed by atoms with Crippen molar-refractivity contribution in [2.24, 2.45) is 0 Å². The van der Waals surface area contributed by atoms with Crippen molar-refractivity contribution in [2.45, 2.75) is 25.8 Å². The lowest BCUT2D eigenvalue weighted by Crippen LogP contribution is -2.33. The lowest BCUT2D eigenvalue weighted by atomic mass is 10.0. The van der Waals surface area contributed by atoms with Gasteiger partial charge in [0, 0.05) is 6.42 Å². The number of carbonyl (C=O) groups is 2. The molecule has 1 aromatic carbocycles. The summed E-state index contributed by atoms with van der Waals surface area (Å²) in [4.78, 5) is 24.6. The maximum absolute atomic E-state index is 12.4. The zero-order chi connectivity index (χ0) is 16.4. The number of aryl methyl sites for hydroxylation is 1. The second kappa shape index (κ2) is 6.42. The lowest BCUT2D eigenvalue weighted by molar-refractivity contribution is -0.139. The quantitative estimate of drug-likeness (QED) is 0.883. The third kappa shape index (κ3) is 3.07. The van der Waals surface area contributed by atoms with Gasteiger partial charge in [-0.1, -0.05) is 13.0 Å². The summed E-state index contributed by atoms with van der Waals surface area (Å²) < 4.78 is 5.43. The van der Waals surface area contributed by atoms with Crippen LogP contribution in [0.3, 0.4) is 0 Å². The lowest BCUT2D eigenvalue weighted by Gasteiger charge is -2.16. The Morgan fingerprint density at radius 1 is 1.39 bits per heavy atom. The van der Waals surface area contributed by atoms with Gasteiger partial charge < -0.3 is 15.2 Å². The van der Waals surface area contributed by atoms with Crippen LogP contribution in [-0.4, -0.2) is 23.6 Å². The number of hydrogen-bond acceptors (Lipinski definition) is 4. The van der Waals surface area contributed by atoms with Crippen LogP contribution in [0.1, 0.15) is 39.3 Å². The number of carbonyl (C=O) groups excluding carboxylic acids is 1. The fourth-order valence-electron chi connectivity index (χ4n) is 2.68. The number of fused-ring (bicyclic) bond motifs is 1. The molecule has 120 valence electrons. The summed E-state index contributed by atoms with van der Waals surface area (Å²) in [5.41, 5.74) is 2.47. The van der Waals surface area contributed by atoms with Crippen LogP contribution in [0.25, 0.3) is 0 Å². The van der Waals surface area contributed by atoms with Crippen molar-refractivity contribution in [3.05, 3.63) is 51.2 Å². The van der Waals surface area contributed by atoms with Gasteiger partial charge in [0.2, 0.25) is 0 Å². The van der Waals surface area contributed by atoms with Crippen LogP contribution < -0.4 is 10.1 Å². The van der Waals surface area contributed by atoms with E-state index in [0.29, 0.717) is 17.0 Å². The summed E-state index contributed by atoms with van der Waals surface area (Å²) in [6.07, 6.45) is 1.49. The van der Waals surface area contributed by atoms with E-state index in [-0.39, 0.29) is 5.91 Å². The summed E-state index contributed by atoms with van der Waals surface area (Å²) in [5.74, 6) is -0.636. The molecule has 1 amide bonds. The second-order valence-corrected chi connectivity index (χ2v) is 6.25. The van der Waals surface area contributed by atoms with Crippen LogP contribution in [0.2, 0.25) is 0 Å². The molecule has 0 radical (unpaired) electrons. The minimum atomic E-state index is -1.08. The Morgan fingerprint density at radius 2 is 2.22 bits per heavy atom. The van der Waals surface area contributed by atoms with Crippen LogP contribution >= 0.6 is 11.3 Å². The average Bonchev–Trinajstić information content (AvgIpc) is 3.19. The van der Waals surface area contributed by atoms with E-state index in [1.54, 1.807) is 18.2 Å². The summed E-state index contributed by atoms with van der Waals surface area (Å²) in [7, 11) is 0. The number of hydrogen-bond donors (Lipinski definition) is 2. The smallest absolute Gasteiger partial charge is 0.330 e. The van der Waals surface area contributed by atoms with Gasteiger partial charge in [0.25, 0.3) is 5.91 Å². The molecule has 23 heavy (non-hydrogen) atoms. The highest BCUT2D eigenvalue weighted by atomic mass is 32.1. The minimum Gasteiger partial charge on any atom is -0.493 e. The molecule has 0 saturated heterocycles. The van der Waals surface area contributed by atoms with E-state index < -0.39 is 12.0 Å². The molecule has 0 aliphatic carbocycles. The van der Waals surface area contributed by atoms with E-state index in [1.165, 1.54) is 11.3 Å². The Kier molecular flexibility index (Phi) is 4.34. The van der Waals surface area contributed by atoms with Crippen LogP contribution in [-0.2, 0) is 17.6 Å². The zero-order valence-electron chi connectivity index (χ0n) is 12.7. The van der Waals surface area contributed by atoms with E-state index in [0.717, 1.165) is 29.7 Å². The summed E-state index contributed by atoms with van der Waals surface area (Å²) in [6, 6.07) is 6.08. The first kappa shape index (κ1) is 15.6. The predicted octanol–water partition coefficient (Wildman–Crippen LogP) is 2.80. The summed E-state index contributed by atoms with van der Waals surface area (Å²) in [6.45, 7) is 2.58. The SMILES string of the molecule is CCc1ccsc1C(=O)NC(C(=O)O)c1ccc2c(c1)CCO2. The molecule has 1 aromatic heterocycles. The van der Waals surface area contributed by atoms with Gasteiger partial charge in [0.15, 0.2) is 6.04 Å². The molecule has 5 nitrogen and oxygen atoms in total. The molecule has 2 heterocycles. The third-order valence-electron chi connectivity index (χ3n) is 3.90. The highest BCUT2D eigenvalue weighted by Gasteiger charge is 2.25. The van der Waals surface area contributed by atoms with Gasteiger partial charge in [-0.15, -0.1) is 11.3 Å². The zero-order valence-corrected chi connectivity index (χ0v) is 13.5. The van der Waals surface area contributed by atoms with Crippen LogP contribution in [0.4, 0.5) is 0 Å². The van der Waals surface area contributed by atoms with Crippen LogP contribution in [0.5, 0.6) is 5.75 Å². The maximum atomic E-state index is 12.4. The number of thiophene rings is 1. The van der Waals surface area contributed by atoms with Gasteiger partial charge in [-0.3, -0.25) is 4.79 Å². The first-order chi connectivity index (χ1) is 11.1. The van der Waals surface area contributed by atoms with E-state index in [2.05, 4.69) is 5.32 Å². The van der Waals surface area contributed by atoms with Crippen molar-refractivity contribution < 1.29 is 19.4 Å². The molecule has 1 atom stereocenters. The van der Waals surface area contributed by atoms with E-state index in [1.807, 2.05) is 18.4 Å². The Morgan fingerprint density at radius 3 is 2.96 bits per heavy atom. The second-order valence-electron chi connectivity index (χ2n) is 5.34. The van der Waals surface area contributed by atoms with Crippen molar-refractivity contribution >= 4 is 23.2 Å². The highest BCUT2D eigenvalue weighted by molar-refractivity contribution is 7.12. The number of carboxylic acid groups (broad SMARTS) is 1. The monoisotopic (exact) mass is 331 g/mol. The standard InChI is InChI=1S/C17H17NO4S/c1-2-10-6-8-23-15(10)16(19)18-14(17(20)21)12-3-4-13-11(9-12)5-7-22-13/h3-4,6,8-9,14H,2,5,7H2,1H3,(H,18,19)(H,20,21). The molecule has 3 rings (SSSR count). The molecule has 1 aliphatic rings. The Hall–Kier alpha value is -2.34. The third-order valence-corrected chi connectivity index (χ3v) is 4.86. The molecule has 6 heteroatoms. The summed E-state index contributed by atoms with van der Waals surface area (Å²) >= 11 is 1.33. The topological polar surface area (TPSA) is 75.6 Å². The highest BCUT2D eigenvalue weighted by Crippen LogP contribution is 2.28. The average molecular weight is 331 g/mol. The van der Waals surface area contributed by atoms with E-state index in [4.69, 9.17) is 4.74 Å². The van der Waals surface area contributed by atoms with Gasteiger partial charge in [-0.05, 0) is 46.7 Å². The first-order valence-corrected chi connectivity index (χ1v) is 8.33. The molecule has 0 spiro atoms. The molecular formula is C17H17NO4S. The number of amides is 1. The van der Waals surface area contributed by atoms with Crippen molar-refractivity contribution in [2.75, 3.05) is 6.61 Å². The molecule has 0 bridgehead atoms. The van der Waals surface area contributed by atoms with Crippen molar-refractivity contribution in [3.63, 3.8) is 0 Å². The van der Waals surface area contributed by atoms with Crippen molar-refractivity contribution in [1.29, 1.82) is 0 Å². The van der Waals surface area contributed by atoms with Gasteiger partial charge in [-0.2, -0.15) is 0 Å². The normalized spacial score (nSPS) is 14.0. The predicted molar refractivity (Wildman–Crippen MR) is 87.2 cm³/mol. The Bertz CT molecular complexity index is 753. The fraction of sp³-hybridized carbons (Fsp3) is 0.294. The van der Waals surface area contributed by atoms with E-state index >= 15 is 0 Å².